The lowest BCUT2D eigenvalue weighted by Gasteiger charge is -2.00. The molecular weight excluding hydrogens is 201 g/mol. The molecule has 1 aromatic carbocycles. The molecule has 2 aromatic rings. The van der Waals surface area contributed by atoms with Crippen LogP contribution in [0.3, 0.4) is 0 Å². The maximum atomic E-state index is 12.9. The van der Waals surface area contributed by atoms with Crippen LogP contribution < -0.4 is 0 Å². The van der Waals surface area contributed by atoms with Gasteiger partial charge in [0.05, 0.1) is 0 Å². The first kappa shape index (κ1) is 9.28. The summed E-state index contributed by atoms with van der Waals surface area (Å²) in [5, 5.41) is 0.910. The van der Waals surface area contributed by atoms with E-state index in [1.807, 2.05) is 22.9 Å². The van der Waals surface area contributed by atoms with Crippen molar-refractivity contribution in [1.29, 1.82) is 0 Å². The molecule has 0 aliphatic heterocycles. The first-order valence-corrected chi connectivity index (χ1v) is 4.74. The highest BCUT2D eigenvalue weighted by Gasteiger charge is 2.00. The minimum Gasteiger partial charge on any atom is -0.344 e. The van der Waals surface area contributed by atoms with Gasteiger partial charge in [-0.15, -0.1) is 0 Å². The number of allylic oxidation sites excluding steroid dienone is 1. The van der Waals surface area contributed by atoms with E-state index in [1.165, 1.54) is 17.7 Å². The zero-order valence-corrected chi connectivity index (χ0v) is 8.21. The predicted octanol–water partition coefficient (Wildman–Crippen LogP) is 3.53. The smallest absolute Gasteiger partial charge is 0.123 e. The van der Waals surface area contributed by atoms with E-state index in [0.29, 0.717) is 6.54 Å². The van der Waals surface area contributed by atoms with Gasteiger partial charge in [-0.05, 0) is 24.3 Å². The Bertz CT molecular complexity index is 473. The Morgan fingerprint density at radius 1 is 1.36 bits per heavy atom. The summed E-state index contributed by atoms with van der Waals surface area (Å²) in [6.45, 7) is 0.707. The lowest BCUT2D eigenvalue weighted by atomic mass is 10.2. The monoisotopic (exact) mass is 209 g/mol. The van der Waals surface area contributed by atoms with Crippen molar-refractivity contribution >= 4 is 22.5 Å². The Kier molecular flexibility index (Phi) is 2.55. The standard InChI is InChI=1S/C11H9ClFN/c12-5-1-6-14-7-4-9-8-10(13)2-3-11(9)14/h1-5,7-8H,6H2/b5-1+. The lowest BCUT2D eigenvalue weighted by Crippen LogP contribution is -1.91. The fourth-order valence-electron chi connectivity index (χ4n) is 1.48. The van der Waals surface area contributed by atoms with Crippen molar-refractivity contribution in [1.82, 2.24) is 4.57 Å². The minimum absolute atomic E-state index is 0.205. The Morgan fingerprint density at radius 2 is 2.21 bits per heavy atom. The van der Waals surface area contributed by atoms with Crippen LogP contribution in [0.5, 0.6) is 0 Å². The third-order valence-corrected chi connectivity index (χ3v) is 2.30. The van der Waals surface area contributed by atoms with E-state index < -0.39 is 0 Å². The van der Waals surface area contributed by atoms with E-state index in [4.69, 9.17) is 11.6 Å². The van der Waals surface area contributed by atoms with Crippen LogP contribution in [0.25, 0.3) is 10.9 Å². The molecule has 0 atom stereocenters. The second-order valence-corrected chi connectivity index (χ2v) is 3.28. The van der Waals surface area contributed by atoms with Gasteiger partial charge in [-0.2, -0.15) is 0 Å². The molecule has 3 heteroatoms. The summed E-state index contributed by atoms with van der Waals surface area (Å²) in [7, 11) is 0. The highest BCUT2D eigenvalue weighted by atomic mass is 35.5. The van der Waals surface area contributed by atoms with Crippen molar-refractivity contribution in [2.45, 2.75) is 6.54 Å². The van der Waals surface area contributed by atoms with Crippen molar-refractivity contribution in [2.24, 2.45) is 0 Å². The molecule has 2 rings (SSSR count). The van der Waals surface area contributed by atoms with Gasteiger partial charge in [0.15, 0.2) is 0 Å². The van der Waals surface area contributed by atoms with Crippen LogP contribution in [-0.2, 0) is 6.54 Å². The molecule has 0 amide bonds. The number of halogens is 2. The normalized spacial score (nSPS) is 11.6. The van der Waals surface area contributed by atoms with Gasteiger partial charge in [0.2, 0.25) is 0 Å². The number of nitrogens with zero attached hydrogens (tertiary/aromatic N) is 1. The molecule has 0 spiro atoms. The number of rotatable bonds is 2. The van der Waals surface area contributed by atoms with Crippen LogP contribution >= 0.6 is 11.6 Å². The number of hydrogen-bond donors (Lipinski definition) is 0. The fourth-order valence-corrected chi connectivity index (χ4v) is 1.56. The van der Waals surface area contributed by atoms with E-state index >= 15 is 0 Å². The molecule has 1 aromatic heterocycles. The van der Waals surface area contributed by atoms with Crippen LogP contribution in [0.4, 0.5) is 4.39 Å². The minimum atomic E-state index is -0.205. The summed E-state index contributed by atoms with van der Waals surface area (Å²) >= 11 is 5.44. The fraction of sp³-hybridized carbons (Fsp3) is 0.0909. The zero-order valence-electron chi connectivity index (χ0n) is 7.45. The first-order chi connectivity index (χ1) is 6.81. The topological polar surface area (TPSA) is 4.93 Å². The lowest BCUT2D eigenvalue weighted by molar-refractivity contribution is 0.629. The van der Waals surface area contributed by atoms with Gasteiger partial charge >= 0.3 is 0 Å². The highest BCUT2D eigenvalue weighted by molar-refractivity contribution is 6.25. The van der Waals surface area contributed by atoms with Crippen molar-refractivity contribution < 1.29 is 4.39 Å². The summed E-state index contributed by atoms with van der Waals surface area (Å²) in [5.74, 6) is -0.205. The van der Waals surface area contributed by atoms with Gasteiger partial charge in [0.25, 0.3) is 0 Å². The van der Waals surface area contributed by atoms with Gasteiger partial charge in [-0.3, -0.25) is 0 Å². The number of aromatic nitrogens is 1. The molecule has 14 heavy (non-hydrogen) atoms. The van der Waals surface area contributed by atoms with Gasteiger partial charge in [-0.25, -0.2) is 4.39 Å². The molecule has 0 unspecified atom stereocenters. The molecule has 72 valence electrons. The number of hydrogen-bond acceptors (Lipinski definition) is 0. The Hall–Kier alpha value is -1.28. The van der Waals surface area contributed by atoms with Gasteiger partial charge in [0, 0.05) is 29.2 Å². The van der Waals surface area contributed by atoms with E-state index in [9.17, 15) is 4.39 Å². The van der Waals surface area contributed by atoms with E-state index in [-0.39, 0.29) is 5.82 Å². The molecule has 1 heterocycles. The van der Waals surface area contributed by atoms with Crippen LogP contribution in [-0.4, -0.2) is 4.57 Å². The maximum absolute atomic E-state index is 12.9. The second kappa shape index (κ2) is 3.84. The Labute approximate surface area is 86.4 Å². The SMILES string of the molecule is Fc1ccc2c(ccn2C/C=C/Cl)c1. The molecule has 0 aliphatic rings. The third-order valence-electron chi connectivity index (χ3n) is 2.12. The summed E-state index contributed by atoms with van der Waals surface area (Å²) < 4.78 is 14.9. The van der Waals surface area contributed by atoms with Gasteiger partial charge in [0.1, 0.15) is 5.82 Å². The number of fused-ring (bicyclic) bond motifs is 1. The molecule has 0 bridgehead atoms. The van der Waals surface area contributed by atoms with Crippen LogP contribution in [0.1, 0.15) is 0 Å². The van der Waals surface area contributed by atoms with Crippen molar-refractivity contribution in [3.63, 3.8) is 0 Å². The van der Waals surface area contributed by atoms with Gasteiger partial charge in [-0.1, -0.05) is 17.7 Å². The molecule has 0 radical (unpaired) electrons. The molecule has 0 fully saturated rings. The van der Waals surface area contributed by atoms with Crippen LogP contribution in [0.15, 0.2) is 42.1 Å². The zero-order chi connectivity index (χ0) is 9.97. The average Bonchev–Trinajstić information content (AvgIpc) is 2.57. The van der Waals surface area contributed by atoms with Crippen molar-refractivity contribution in [2.75, 3.05) is 0 Å². The van der Waals surface area contributed by atoms with Crippen molar-refractivity contribution in [3.8, 4) is 0 Å². The van der Waals surface area contributed by atoms with E-state index in [2.05, 4.69) is 0 Å². The van der Waals surface area contributed by atoms with E-state index in [0.717, 1.165) is 10.9 Å². The van der Waals surface area contributed by atoms with Crippen LogP contribution in [0.2, 0.25) is 0 Å². The highest BCUT2D eigenvalue weighted by Crippen LogP contribution is 2.16. The second-order valence-electron chi connectivity index (χ2n) is 3.03. The maximum Gasteiger partial charge on any atom is 0.123 e. The first-order valence-electron chi connectivity index (χ1n) is 4.31. The molecule has 0 saturated carbocycles. The summed E-state index contributed by atoms with van der Waals surface area (Å²) in [5.41, 5.74) is 2.50. The Morgan fingerprint density at radius 3 is 3.00 bits per heavy atom. The average molecular weight is 210 g/mol. The molecule has 0 aliphatic carbocycles. The van der Waals surface area contributed by atoms with Crippen LogP contribution in [0, 0.1) is 5.82 Å². The largest absolute Gasteiger partial charge is 0.344 e. The third kappa shape index (κ3) is 1.66. The number of benzene rings is 1. The summed E-state index contributed by atoms with van der Waals surface area (Å²) in [6.07, 6.45) is 3.76. The molecular formula is C11H9ClFN. The van der Waals surface area contributed by atoms with Gasteiger partial charge < -0.3 is 4.57 Å². The van der Waals surface area contributed by atoms with E-state index in [1.54, 1.807) is 6.07 Å². The molecule has 0 saturated heterocycles. The summed E-state index contributed by atoms with van der Waals surface area (Å²) in [6, 6.07) is 6.65. The molecule has 0 N–H and O–H groups in total. The van der Waals surface area contributed by atoms with Crippen molar-refractivity contribution in [3.05, 3.63) is 47.9 Å². The predicted molar refractivity (Wildman–Crippen MR) is 56.9 cm³/mol. The quantitative estimate of drug-likeness (QED) is 0.713. The summed E-state index contributed by atoms with van der Waals surface area (Å²) in [4.78, 5) is 0. The Balaban J connectivity index is 2.47. The molecule has 1 nitrogen and oxygen atoms in total.